The van der Waals surface area contributed by atoms with Gasteiger partial charge in [-0.25, -0.2) is 9.97 Å². The first-order chi connectivity index (χ1) is 10.7. The minimum absolute atomic E-state index is 0.591. The average molecular weight is 306 g/mol. The Morgan fingerprint density at radius 3 is 1.73 bits per heavy atom. The Morgan fingerprint density at radius 1 is 0.909 bits per heavy atom. The maximum Gasteiger partial charge on any atom is 0.171 e. The van der Waals surface area contributed by atoms with E-state index < -0.39 is 0 Å². The SMILES string of the molecule is CN(C[C@H]1CCOC1)c1nccnc1N(C)C[C@H]1CCOC1. The van der Waals surface area contributed by atoms with E-state index in [1.54, 1.807) is 12.4 Å². The summed E-state index contributed by atoms with van der Waals surface area (Å²) in [5.74, 6) is 3.09. The van der Waals surface area contributed by atoms with Crippen molar-refractivity contribution in [1.29, 1.82) is 0 Å². The normalized spacial score (nSPS) is 24.6. The van der Waals surface area contributed by atoms with Gasteiger partial charge in [0.2, 0.25) is 0 Å². The summed E-state index contributed by atoms with van der Waals surface area (Å²) in [4.78, 5) is 13.6. The molecule has 3 heterocycles. The van der Waals surface area contributed by atoms with Gasteiger partial charge >= 0.3 is 0 Å². The molecule has 2 aliphatic rings. The third-order valence-corrected chi connectivity index (χ3v) is 4.50. The molecular weight excluding hydrogens is 280 g/mol. The van der Waals surface area contributed by atoms with Gasteiger partial charge in [0.1, 0.15) is 0 Å². The Morgan fingerprint density at radius 2 is 1.36 bits per heavy atom. The van der Waals surface area contributed by atoms with Crippen LogP contribution in [0, 0.1) is 11.8 Å². The number of nitrogens with zero attached hydrogens (tertiary/aromatic N) is 4. The van der Waals surface area contributed by atoms with E-state index in [0.29, 0.717) is 11.8 Å². The third-order valence-electron chi connectivity index (χ3n) is 4.50. The van der Waals surface area contributed by atoms with E-state index >= 15 is 0 Å². The molecule has 0 bridgehead atoms. The lowest BCUT2D eigenvalue weighted by molar-refractivity contribution is 0.186. The Labute approximate surface area is 132 Å². The van der Waals surface area contributed by atoms with Gasteiger partial charge in [-0.15, -0.1) is 0 Å². The number of hydrogen-bond acceptors (Lipinski definition) is 6. The maximum absolute atomic E-state index is 5.47. The van der Waals surface area contributed by atoms with Crippen molar-refractivity contribution in [3.8, 4) is 0 Å². The molecule has 6 heteroatoms. The molecule has 2 fully saturated rings. The summed E-state index contributed by atoms with van der Waals surface area (Å²) < 4.78 is 10.9. The Balaban J connectivity index is 1.67. The van der Waals surface area contributed by atoms with Crippen LogP contribution < -0.4 is 9.80 Å². The van der Waals surface area contributed by atoms with Gasteiger partial charge in [0, 0.05) is 64.6 Å². The van der Waals surface area contributed by atoms with Crippen LogP contribution in [-0.2, 0) is 9.47 Å². The summed E-state index contributed by atoms with van der Waals surface area (Å²) >= 11 is 0. The van der Waals surface area contributed by atoms with Crippen molar-refractivity contribution in [1.82, 2.24) is 9.97 Å². The summed E-state index contributed by atoms with van der Waals surface area (Å²) in [5, 5.41) is 0. The van der Waals surface area contributed by atoms with E-state index in [9.17, 15) is 0 Å². The zero-order valence-electron chi connectivity index (χ0n) is 13.6. The minimum atomic E-state index is 0.591. The molecule has 2 saturated heterocycles. The first-order valence-electron chi connectivity index (χ1n) is 8.13. The second kappa shape index (κ2) is 7.24. The molecule has 22 heavy (non-hydrogen) atoms. The van der Waals surface area contributed by atoms with Crippen molar-refractivity contribution in [2.45, 2.75) is 12.8 Å². The lowest BCUT2D eigenvalue weighted by Gasteiger charge is -2.28. The lowest BCUT2D eigenvalue weighted by atomic mass is 10.1. The molecule has 1 aromatic rings. The monoisotopic (exact) mass is 306 g/mol. The molecule has 0 spiro atoms. The number of rotatable bonds is 6. The van der Waals surface area contributed by atoms with Gasteiger partial charge < -0.3 is 19.3 Å². The van der Waals surface area contributed by atoms with Crippen LogP contribution in [0.2, 0.25) is 0 Å². The molecule has 2 atom stereocenters. The Kier molecular flexibility index (Phi) is 5.10. The highest BCUT2D eigenvalue weighted by atomic mass is 16.5. The second-order valence-electron chi connectivity index (χ2n) is 6.42. The van der Waals surface area contributed by atoms with Crippen LogP contribution in [0.15, 0.2) is 12.4 Å². The minimum Gasteiger partial charge on any atom is -0.381 e. The van der Waals surface area contributed by atoms with Gasteiger partial charge in [0.05, 0.1) is 13.2 Å². The van der Waals surface area contributed by atoms with Crippen molar-refractivity contribution in [2.75, 3.05) is 63.4 Å². The van der Waals surface area contributed by atoms with Gasteiger partial charge in [-0.1, -0.05) is 0 Å². The van der Waals surface area contributed by atoms with E-state index in [2.05, 4.69) is 33.9 Å². The summed E-state index contributed by atoms with van der Waals surface area (Å²) in [6.07, 6.45) is 5.81. The Bertz CT molecular complexity index is 430. The van der Waals surface area contributed by atoms with E-state index in [1.165, 1.54) is 0 Å². The fraction of sp³-hybridized carbons (Fsp3) is 0.750. The van der Waals surface area contributed by atoms with E-state index in [0.717, 1.165) is 64.0 Å². The summed E-state index contributed by atoms with van der Waals surface area (Å²) in [6, 6.07) is 0. The van der Waals surface area contributed by atoms with Gasteiger partial charge in [0.15, 0.2) is 11.6 Å². The van der Waals surface area contributed by atoms with Crippen molar-refractivity contribution >= 4 is 11.6 Å². The molecule has 0 amide bonds. The molecule has 122 valence electrons. The maximum atomic E-state index is 5.47. The van der Waals surface area contributed by atoms with Gasteiger partial charge in [-0.05, 0) is 12.8 Å². The predicted octanol–water partition coefficient (Wildman–Crippen LogP) is 1.42. The highest BCUT2D eigenvalue weighted by Crippen LogP contribution is 2.26. The second-order valence-corrected chi connectivity index (χ2v) is 6.42. The zero-order chi connectivity index (χ0) is 15.4. The van der Waals surface area contributed by atoms with Crippen LogP contribution in [0.25, 0.3) is 0 Å². The molecule has 6 nitrogen and oxygen atoms in total. The smallest absolute Gasteiger partial charge is 0.171 e. The molecule has 2 aliphatic heterocycles. The molecule has 0 aromatic carbocycles. The van der Waals surface area contributed by atoms with Crippen LogP contribution in [0.3, 0.4) is 0 Å². The number of hydrogen-bond donors (Lipinski definition) is 0. The number of ether oxygens (including phenoxy) is 2. The summed E-state index contributed by atoms with van der Waals surface area (Å²) in [7, 11) is 4.19. The fourth-order valence-electron chi connectivity index (χ4n) is 3.26. The van der Waals surface area contributed by atoms with Crippen molar-refractivity contribution in [2.24, 2.45) is 11.8 Å². The molecule has 3 rings (SSSR count). The van der Waals surface area contributed by atoms with Crippen LogP contribution >= 0.6 is 0 Å². The molecular formula is C16H26N4O2. The van der Waals surface area contributed by atoms with Gasteiger partial charge in [0.25, 0.3) is 0 Å². The quantitative estimate of drug-likeness (QED) is 0.792. The summed E-state index contributed by atoms with van der Waals surface area (Å²) in [5.41, 5.74) is 0. The third kappa shape index (κ3) is 3.67. The molecule has 0 radical (unpaired) electrons. The largest absolute Gasteiger partial charge is 0.381 e. The van der Waals surface area contributed by atoms with E-state index in [4.69, 9.17) is 9.47 Å². The molecule has 0 N–H and O–H groups in total. The van der Waals surface area contributed by atoms with Crippen LogP contribution in [0.4, 0.5) is 11.6 Å². The van der Waals surface area contributed by atoms with Crippen LogP contribution in [0.1, 0.15) is 12.8 Å². The van der Waals surface area contributed by atoms with Crippen molar-refractivity contribution in [3.05, 3.63) is 12.4 Å². The van der Waals surface area contributed by atoms with Gasteiger partial charge in [-0.2, -0.15) is 0 Å². The molecule has 0 saturated carbocycles. The van der Waals surface area contributed by atoms with Crippen molar-refractivity contribution in [3.63, 3.8) is 0 Å². The van der Waals surface area contributed by atoms with Gasteiger partial charge in [-0.3, -0.25) is 0 Å². The highest BCUT2D eigenvalue weighted by Gasteiger charge is 2.23. The summed E-state index contributed by atoms with van der Waals surface area (Å²) in [6.45, 7) is 5.41. The predicted molar refractivity (Wildman–Crippen MR) is 86.4 cm³/mol. The highest BCUT2D eigenvalue weighted by molar-refractivity contribution is 5.61. The van der Waals surface area contributed by atoms with Crippen LogP contribution in [0.5, 0.6) is 0 Å². The fourth-order valence-corrected chi connectivity index (χ4v) is 3.26. The van der Waals surface area contributed by atoms with E-state index in [1.807, 2.05) is 0 Å². The molecule has 0 unspecified atom stereocenters. The van der Waals surface area contributed by atoms with Crippen LogP contribution in [-0.4, -0.2) is 63.6 Å². The topological polar surface area (TPSA) is 50.7 Å². The standard InChI is InChI=1S/C16H26N4O2/c1-19(9-13-3-7-21-11-13)15-16(18-6-5-17-15)20(2)10-14-4-8-22-12-14/h5-6,13-14H,3-4,7-12H2,1-2H3/t13-,14-/m1/s1. The number of anilines is 2. The average Bonchev–Trinajstić information content (AvgIpc) is 3.21. The zero-order valence-corrected chi connectivity index (χ0v) is 13.6. The molecule has 1 aromatic heterocycles. The number of aromatic nitrogens is 2. The lowest BCUT2D eigenvalue weighted by Crippen LogP contribution is -2.31. The first kappa shape index (κ1) is 15.5. The Hall–Kier alpha value is -1.40. The first-order valence-corrected chi connectivity index (χ1v) is 8.13. The van der Waals surface area contributed by atoms with Crippen molar-refractivity contribution < 1.29 is 9.47 Å². The van der Waals surface area contributed by atoms with E-state index in [-0.39, 0.29) is 0 Å². The molecule has 0 aliphatic carbocycles.